The van der Waals surface area contributed by atoms with Gasteiger partial charge in [-0.2, -0.15) is 0 Å². The van der Waals surface area contributed by atoms with Crippen LogP contribution >= 0.6 is 0 Å². The van der Waals surface area contributed by atoms with Gasteiger partial charge in [-0.25, -0.2) is 0 Å². The van der Waals surface area contributed by atoms with Crippen LogP contribution in [0.3, 0.4) is 0 Å². The van der Waals surface area contributed by atoms with Crippen LogP contribution in [0.4, 0.5) is 0 Å². The van der Waals surface area contributed by atoms with Crippen molar-refractivity contribution in [3.63, 3.8) is 0 Å². The van der Waals surface area contributed by atoms with E-state index in [1.807, 2.05) is 0 Å². The molecule has 1 aliphatic heterocycles. The zero-order valence-electron chi connectivity index (χ0n) is 15.5. The van der Waals surface area contributed by atoms with E-state index in [0.29, 0.717) is 5.41 Å². The molecule has 4 fully saturated rings. The molecule has 3 aliphatic carbocycles. The van der Waals surface area contributed by atoms with Crippen molar-refractivity contribution in [2.75, 3.05) is 13.1 Å². The van der Waals surface area contributed by atoms with Crippen molar-refractivity contribution in [1.82, 2.24) is 4.90 Å². The van der Waals surface area contributed by atoms with Gasteiger partial charge >= 0.3 is 0 Å². The Morgan fingerprint density at radius 1 is 1.09 bits per heavy atom. The van der Waals surface area contributed by atoms with Gasteiger partial charge in [0.1, 0.15) is 0 Å². The van der Waals surface area contributed by atoms with Crippen LogP contribution < -0.4 is 0 Å². The lowest BCUT2D eigenvalue weighted by Gasteiger charge is -2.50. The maximum absolute atomic E-state index is 4.75. The summed E-state index contributed by atoms with van der Waals surface area (Å²) in [7, 11) is 0. The lowest BCUT2D eigenvalue weighted by Crippen LogP contribution is -2.46. The summed E-state index contributed by atoms with van der Waals surface area (Å²) in [5, 5.41) is 0. The quantitative estimate of drug-likeness (QED) is 0.630. The summed E-state index contributed by atoms with van der Waals surface area (Å²) in [6, 6.07) is 0. The number of hydrogen-bond donors (Lipinski definition) is 0. The lowest BCUT2D eigenvalue weighted by atomic mass is 9.65. The molecule has 0 N–H and O–H groups in total. The van der Waals surface area contributed by atoms with Crippen LogP contribution in [-0.2, 0) is 0 Å². The van der Waals surface area contributed by atoms with Crippen molar-refractivity contribution in [1.29, 1.82) is 0 Å². The SMILES string of the molecule is C=C(N1CCC2CCCCC2C1)C12CC(CC)CC(CC1C)C2. The molecule has 0 amide bonds. The number of nitrogens with zero attached hydrogens (tertiary/aromatic N) is 1. The molecule has 0 spiro atoms. The van der Waals surface area contributed by atoms with E-state index in [4.69, 9.17) is 6.58 Å². The summed E-state index contributed by atoms with van der Waals surface area (Å²) < 4.78 is 0. The summed E-state index contributed by atoms with van der Waals surface area (Å²) in [6.07, 6.45) is 14.6. The summed E-state index contributed by atoms with van der Waals surface area (Å²) >= 11 is 0. The van der Waals surface area contributed by atoms with Gasteiger partial charge in [-0.05, 0) is 68.1 Å². The van der Waals surface area contributed by atoms with Crippen molar-refractivity contribution >= 4 is 0 Å². The maximum Gasteiger partial charge on any atom is 0.0205 e. The van der Waals surface area contributed by atoms with E-state index < -0.39 is 0 Å². The minimum absolute atomic E-state index is 0.463. The van der Waals surface area contributed by atoms with Gasteiger partial charge < -0.3 is 4.90 Å². The molecule has 0 aromatic rings. The molecule has 1 nitrogen and oxygen atoms in total. The topological polar surface area (TPSA) is 3.24 Å². The third-order valence-electron chi connectivity index (χ3n) is 8.43. The Labute approximate surface area is 143 Å². The van der Waals surface area contributed by atoms with Crippen LogP contribution in [0.2, 0.25) is 0 Å². The van der Waals surface area contributed by atoms with Gasteiger partial charge in [0, 0.05) is 24.2 Å². The third-order valence-corrected chi connectivity index (χ3v) is 8.43. The number of fused-ring (bicyclic) bond motifs is 3. The summed E-state index contributed by atoms with van der Waals surface area (Å²) in [6.45, 7) is 12.3. The van der Waals surface area contributed by atoms with Crippen LogP contribution in [0.15, 0.2) is 12.3 Å². The smallest absolute Gasteiger partial charge is 0.0205 e. The van der Waals surface area contributed by atoms with Gasteiger partial charge in [0.15, 0.2) is 0 Å². The third kappa shape index (κ3) is 2.67. The van der Waals surface area contributed by atoms with Crippen LogP contribution in [0.1, 0.15) is 78.1 Å². The zero-order chi connectivity index (χ0) is 16.0. The Balaban J connectivity index is 1.51. The van der Waals surface area contributed by atoms with E-state index in [1.165, 1.54) is 77.3 Å². The van der Waals surface area contributed by atoms with Gasteiger partial charge in [0.05, 0.1) is 0 Å². The molecule has 4 rings (SSSR count). The summed E-state index contributed by atoms with van der Waals surface area (Å²) in [5.74, 6) is 4.83. The molecule has 130 valence electrons. The van der Waals surface area contributed by atoms with E-state index >= 15 is 0 Å². The molecule has 23 heavy (non-hydrogen) atoms. The highest BCUT2D eigenvalue weighted by Crippen LogP contribution is 2.61. The van der Waals surface area contributed by atoms with E-state index in [1.54, 1.807) is 5.70 Å². The number of allylic oxidation sites excluding steroid dienone is 1. The van der Waals surface area contributed by atoms with Gasteiger partial charge in [-0.3, -0.25) is 0 Å². The van der Waals surface area contributed by atoms with Gasteiger partial charge in [0.25, 0.3) is 0 Å². The molecule has 3 saturated carbocycles. The van der Waals surface area contributed by atoms with Gasteiger partial charge in [0.2, 0.25) is 0 Å². The van der Waals surface area contributed by atoms with E-state index in [-0.39, 0.29) is 0 Å². The monoisotopic (exact) mass is 315 g/mol. The second-order valence-corrected chi connectivity index (χ2v) is 9.56. The molecule has 4 aliphatic rings. The van der Waals surface area contributed by atoms with Crippen molar-refractivity contribution in [3.8, 4) is 0 Å². The van der Waals surface area contributed by atoms with Crippen molar-refractivity contribution in [3.05, 3.63) is 12.3 Å². The largest absolute Gasteiger partial charge is 0.375 e. The predicted octanol–water partition coefficient (Wildman–Crippen LogP) is 5.86. The molecule has 1 heterocycles. The van der Waals surface area contributed by atoms with Crippen LogP contribution in [0, 0.1) is 35.0 Å². The highest BCUT2D eigenvalue weighted by molar-refractivity contribution is 5.18. The summed E-state index contributed by atoms with van der Waals surface area (Å²) in [5.41, 5.74) is 2.03. The van der Waals surface area contributed by atoms with Gasteiger partial charge in [-0.1, -0.05) is 46.1 Å². The maximum atomic E-state index is 4.75. The van der Waals surface area contributed by atoms with E-state index in [0.717, 1.165) is 29.6 Å². The molecule has 6 unspecified atom stereocenters. The Morgan fingerprint density at radius 3 is 2.65 bits per heavy atom. The first-order chi connectivity index (χ1) is 11.1. The first kappa shape index (κ1) is 16.0. The highest BCUT2D eigenvalue weighted by Gasteiger charge is 2.52. The molecular formula is C22H37N. The predicted molar refractivity (Wildman–Crippen MR) is 98.1 cm³/mol. The summed E-state index contributed by atoms with van der Waals surface area (Å²) in [4.78, 5) is 2.77. The second kappa shape index (κ2) is 6.12. The fourth-order valence-corrected chi connectivity index (χ4v) is 7.05. The Hall–Kier alpha value is -0.460. The Kier molecular flexibility index (Phi) is 4.26. The number of likely N-dealkylation sites (tertiary alicyclic amines) is 1. The van der Waals surface area contributed by atoms with Gasteiger partial charge in [-0.15, -0.1) is 0 Å². The minimum atomic E-state index is 0.463. The standard InChI is InChI=1S/C22H37N/c1-4-18-12-19-11-16(2)22(13-18,14-19)17(3)23-10-9-20-7-5-6-8-21(20)15-23/h16,18-21H,3-15H2,1-2H3. The highest BCUT2D eigenvalue weighted by atomic mass is 15.2. The second-order valence-electron chi connectivity index (χ2n) is 9.56. The Morgan fingerprint density at radius 2 is 1.87 bits per heavy atom. The van der Waals surface area contributed by atoms with Crippen molar-refractivity contribution in [2.24, 2.45) is 35.0 Å². The first-order valence-corrected chi connectivity index (χ1v) is 10.6. The molecule has 6 atom stereocenters. The molecule has 1 heteroatoms. The molecular weight excluding hydrogens is 278 g/mol. The molecule has 0 radical (unpaired) electrons. The number of hydrogen-bond acceptors (Lipinski definition) is 1. The average Bonchev–Trinajstić information content (AvgIpc) is 2.83. The average molecular weight is 316 g/mol. The normalized spacial score (nSPS) is 46.5. The molecule has 2 bridgehead atoms. The number of piperidine rings is 1. The fourth-order valence-electron chi connectivity index (χ4n) is 7.05. The fraction of sp³-hybridized carbons (Fsp3) is 0.909. The molecule has 0 aromatic carbocycles. The van der Waals surface area contributed by atoms with Crippen LogP contribution in [0.5, 0.6) is 0 Å². The van der Waals surface area contributed by atoms with Crippen molar-refractivity contribution in [2.45, 2.75) is 78.1 Å². The first-order valence-electron chi connectivity index (χ1n) is 10.6. The molecule has 0 aromatic heterocycles. The molecule has 1 saturated heterocycles. The van der Waals surface area contributed by atoms with Crippen LogP contribution in [0.25, 0.3) is 0 Å². The van der Waals surface area contributed by atoms with E-state index in [2.05, 4.69) is 18.7 Å². The number of rotatable bonds is 3. The van der Waals surface area contributed by atoms with Crippen LogP contribution in [-0.4, -0.2) is 18.0 Å². The minimum Gasteiger partial charge on any atom is -0.375 e. The van der Waals surface area contributed by atoms with Crippen molar-refractivity contribution < 1.29 is 0 Å². The zero-order valence-corrected chi connectivity index (χ0v) is 15.5. The Bertz CT molecular complexity index is 455. The van der Waals surface area contributed by atoms with E-state index in [9.17, 15) is 0 Å². The lowest BCUT2D eigenvalue weighted by molar-refractivity contribution is 0.0608.